The fraction of sp³-hybridized carbons (Fsp3) is 1.00. The van der Waals surface area contributed by atoms with E-state index in [0.717, 1.165) is 0 Å². The second-order valence-electron chi connectivity index (χ2n) is 2.12. The summed E-state index contributed by atoms with van der Waals surface area (Å²) in [6.45, 7) is 2.02. The number of sulfonamides is 1. The average Bonchev–Trinajstić information content (AvgIpc) is 2.00. The molecule has 0 aliphatic carbocycles. The molecular formula is C5H12ClNO3S. The smallest absolute Gasteiger partial charge is 0.225 e. The van der Waals surface area contributed by atoms with E-state index in [1.54, 1.807) is 6.92 Å². The zero-order valence-corrected chi connectivity index (χ0v) is 8.07. The van der Waals surface area contributed by atoms with Crippen LogP contribution in [0.3, 0.4) is 0 Å². The van der Waals surface area contributed by atoms with Crippen LogP contribution in [-0.2, 0) is 14.8 Å². The van der Waals surface area contributed by atoms with Gasteiger partial charge in [-0.2, -0.15) is 0 Å². The highest BCUT2D eigenvalue weighted by Crippen LogP contribution is 1.90. The topological polar surface area (TPSA) is 55.4 Å². The number of alkyl halides is 1. The van der Waals surface area contributed by atoms with Gasteiger partial charge in [0.15, 0.2) is 0 Å². The highest BCUT2D eigenvalue weighted by molar-refractivity contribution is 7.90. The lowest BCUT2D eigenvalue weighted by Crippen LogP contribution is -2.32. The summed E-state index contributed by atoms with van der Waals surface area (Å²) in [6, 6.07) is 0. The number of halogens is 1. The number of nitrogens with one attached hydrogen (secondary N) is 1. The van der Waals surface area contributed by atoms with E-state index in [1.807, 2.05) is 0 Å². The second kappa shape index (κ2) is 4.92. The lowest BCUT2D eigenvalue weighted by atomic mass is 10.4. The number of rotatable bonds is 5. The molecule has 11 heavy (non-hydrogen) atoms. The molecule has 0 saturated heterocycles. The van der Waals surface area contributed by atoms with Crippen molar-refractivity contribution in [1.82, 2.24) is 4.72 Å². The van der Waals surface area contributed by atoms with Crippen LogP contribution < -0.4 is 4.72 Å². The molecule has 0 aromatic rings. The maximum Gasteiger partial charge on any atom is 0.225 e. The van der Waals surface area contributed by atoms with Crippen molar-refractivity contribution in [3.63, 3.8) is 0 Å². The Morgan fingerprint density at radius 2 is 2.18 bits per heavy atom. The van der Waals surface area contributed by atoms with Crippen LogP contribution in [0.5, 0.6) is 0 Å². The van der Waals surface area contributed by atoms with E-state index in [9.17, 15) is 8.42 Å². The first-order valence-electron chi connectivity index (χ1n) is 3.08. The lowest BCUT2D eigenvalue weighted by molar-refractivity contribution is 0.122. The van der Waals surface area contributed by atoms with Crippen LogP contribution in [0.15, 0.2) is 0 Å². The van der Waals surface area contributed by atoms with Crippen molar-refractivity contribution in [2.45, 2.75) is 13.0 Å². The Kier molecular flexibility index (Phi) is 4.99. The van der Waals surface area contributed by atoms with E-state index >= 15 is 0 Å². The van der Waals surface area contributed by atoms with Crippen molar-refractivity contribution in [1.29, 1.82) is 0 Å². The van der Waals surface area contributed by atoms with Gasteiger partial charge in [0.05, 0.1) is 6.10 Å². The van der Waals surface area contributed by atoms with Crippen LogP contribution in [-0.4, -0.2) is 33.4 Å². The minimum Gasteiger partial charge on any atom is -0.380 e. The maximum atomic E-state index is 10.7. The van der Waals surface area contributed by atoms with Gasteiger partial charge in [-0.3, -0.25) is 0 Å². The standard InChI is InChI=1S/C5H12ClNO3S/c1-5(10-2)3-7-11(8,9)4-6/h5,7H,3-4H2,1-2H3. The van der Waals surface area contributed by atoms with Gasteiger partial charge < -0.3 is 4.74 Å². The van der Waals surface area contributed by atoms with Crippen LogP contribution in [0.1, 0.15) is 6.92 Å². The number of hydrogen-bond donors (Lipinski definition) is 1. The summed E-state index contributed by atoms with van der Waals surface area (Å²) in [5, 5.41) is -0.413. The Hall–Kier alpha value is 0.160. The summed E-state index contributed by atoms with van der Waals surface area (Å²) >= 11 is 5.13. The number of hydrogen-bond acceptors (Lipinski definition) is 3. The third kappa shape index (κ3) is 5.43. The summed E-state index contributed by atoms with van der Waals surface area (Å²) in [5.41, 5.74) is 0. The van der Waals surface area contributed by atoms with Crippen LogP contribution in [0.4, 0.5) is 0 Å². The van der Waals surface area contributed by atoms with E-state index in [0.29, 0.717) is 0 Å². The molecule has 0 fully saturated rings. The van der Waals surface area contributed by atoms with Crippen molar-refractivity contribution in [3.05, 3.63) is 0 Å². The van der Waals surface area contributed by atoms with Gasteiger partial charge in [-0.1, -0.05) is 0 Å². The Balaban J connectivity index is 3.71. The number of ether oxygens (including phenoxy) is 1. The molecule has 0 aliphatic heterocycles. The van der Waals surface area contributed by atoms with Crippen molar-refractivity contribution in [2.75, 3.05) is 18.9 Å². The zero-order chi connectivity index (χ0) is 8.91. The first-order valence-corrected chi connectivity index (χ1v) is 5.26. The molecule has 0 amide bonds. The molecule has 0 aromatic carbocycles. The minimum atomic E-state index is -3.29. The first kappa shape index (κ1) is 11.2. The molecule has 1 N–H and O–H groups in total. The largest absolute Gasteiger partial charge is 0.380 e. The monoisotopic (exact) mass is 201 g/mol. The summed E-state index contributed by atoms with van der Waals surface area (Å²) in [4.78, 5) is 0. The fourth-order valence-electron chi connectivity index (χ4n) is 0.366. The Labute approximate surface area is 71.9 Å². The Morgan fingerprint density at radius 3 is 2.55 bits per heavy atom. The summed E-state index contributed by atoms with van der Waals surface area (Å²) < 4.78 is 28.5. The van der Waals surface area contributed by atoms with Crippen molar-refractivity contribution in [3.8, 4) is 0 Å². The van der Waals surface area contributed by atoms with Gasteiger partial charge in [0, 0.05) is 13.7 Å². The quantitative estimate of drug-likeness (QED) is 0.644. The SMILES string of the molecule is COC(C)CNS(=O)(=O)CCl. The average molecular weight is 202 g/mol. The summed E-state index contributed by atoms with van der Waals surface area (Å²) in [7, 11) is -1.78. The molecule has 0 aromatic heterocycles. The van der Waals surface area contributed by atoms with Gasteiger partial charge in [0.25, 0.3) is 0 Å². The molecule has 4 nitrogen and oxygen atoms in total. The van der Waals surface area contributed by atoms with Gasteiger partial charge in [-0.25, -0.2) is 13.1 Å². The lowest BCUT2D eigenvalue weighted by Gasteiger charge is -2.09. The van der Waals surface area contributed by atoms with Crippen molar-refractivity contribution < 1.29 is 13.2 Å². The van der Waals surface area contributed by atoms with Gasteiger partial charge in [0.1, 0.15) is 5.21 Å². The van der Waals surface area contributed by atoms with Crippen LogP contribution in [0.2, 0.25) is 0 Å². The molecule has 0 rings (SSSR count). The molecule has 68 valence electrons. The van der Waals surface area contributed by atoms with Gasteiger partial charge >= 0.3 is 0 Å². The fourth-order valence-corrected chi connectivity index (χ4v) is 1.16. The minimum absolute atomic E-state index is 0.131. The molecule has 1 atom stereocenters. The number of methoxy groups -OCH3 is 1. The van der Waals surface area contributed by atoms with E-state index < -0.39 is 15.2 Å². The summed E-state index contributed by atoms with van der Waals surface area (Å²) in [5.74, 6) is 0. The van der Waals surface area contributed by atoms with Gasteiger partial charge in [-0.15, -0.1) is 11.6 Å². The molecule has 0 heterocycles. The highest BCUT2D eigenvalue weighted by atomic mass is 35.5. The van der Waals surface area contributed by atoms with Gasteiger partial charge in [0.2, 0.25) is 10.0 Å². The normalized spacial score (nSPS) is 14.8. The summed E-state index contributed by atoms with van der Waals surface area (Å²) in [6.07, 6.45) is -0.131. The van der Waals surface area contributed by atoms with Crippen LogP contribution >= 0.6 is 11.6 Å². The molecule has 0 saturated carbocycles. The van der Waals surface area contributed by atoms with E-state index in [4.69, 9.17) is 16.3 Å². The highest BCUT2D eigenvalue weighted by Gasteiger charge is 2.08. The van der Waals surface area contributed by atoms with E-state index in [2.05, 4.69) is 4.72 Å². The van der Waals surface area contributed by atoms with E-state index in [1.165, 1.54) is 7.11 Å². The first-order chi connectivity index (χ1) is 5.02. The third-order valence-corrected chi connectivity index (χ3v) is 2.89. The zero-order valence-electron chi connectivity index (χ0n) is 6.50. The van der Waals surface area contributed by atoms with Crippen LogP contribution in [0, 0.1) is 0 Å². The molecule has 0 bridgehead atoms. The maximum absolute atomic E-state index is 10.7. The Bertz CT molecular complexity index is 192. The predicted octanol–water partition coefficient (Wildman–Crippen LogP) is 0.137. The van der Waals surface area contributed by atoms with Crippen LogP contribution in [0.25, 0.3) is 0 Å². The van der Waals surface area contributed by atoms with Crippen molar-refractivity contribution in [2.24, 2.45) is 0 Å². The second-order valence-corrected chi connectivity index (χ2v) is 4.51. The predicted molar refractivity (Wildman–Crippen MR) is 44.1 cm³/mol. The third-order valence-electron chi connectivity index (χ3n) is 1.14. The molecule has 0 aliphatic rings. The molecule has 6 heteroatoms. The molecular weight excluding hydrogens is 190 g/mol. The van der Waals surface area contributed by atoms with Gasteiger partial charge in [-0.05, 0) is 6.92 Å². The molecule has 0 radical (unpaired) electrons. The van der Waals surface area contributed by atoms with Crippen molar-refractivity contribution >= 4 is 21.6 Å². The van der Waals surface area contributed by atoms with E-state index in [-0.39, 0.29) is 12.6 Å². The molecule has 0 spiro atoms. The Morgan fingerprint density at radius 1 is 1.64 bits per heavy atom. The molecule has 1 unspecified atom stereocenters.